The molecule has 2 aromatic rings. The molecule has 2 unspecified atom stereocenters. The summed E-state index contributed by atoms with van der Waals surface area (Å²) in [6.45, 7) is 0.835. The molecule has 3 rings (SSSR count). The van der Waals surface area contributed by atoms with Crippen molar-refractivity contribution in [1.29, 1.82) is 0 Å². The van der Waals surface area contributed by atoms with Gasteiger partial charge in [-0.15, -0.1) is 11.6 Å². The second-order valence-electron chi connectivity index (χ2n) is 4.91. The summed E-state index contributed by atoms with van der Waals surface area (Å²) in [4.78, 5) is 0. The van der Waals surface area contributed by atoms with Gasteiger partial charge in [-0.3, -0.25) is 0 Å². The van der Waals surface area contributed by atoms with Crippen LogP contribution in [-0.2, 0) is 13.0 Å². The van der Waals surface area contributed by atoms with Gasteiger partial charge in [-0.2, -0.15) is 0 Å². The fraction of sp³-hybridized carbons (Fsp3) is 0.250. The molecule has 0 fully saturated rings. The Morgan fingerprint density at radius 3 is 2.84 bits per heavy atom. The first kappa shape index (κ1) is 13.2. The third-order valence-corrected chi connectivity index (χ3v) is 4.48. The van der Waals surface area contributed by atoms with E-state index in [-0.39, 0.29) is 11.4 Å². The molecule has 3 heteroatoms. The van der Waals surface area contributed by atoms with Crippen LogP contribution >= 0.6 is 27.5 Å². The summed E-state index contributed by atoms with van der Waals surface area (Å²) in [5, 5.41) is 3.72. The maximum atomic E-state index is 6.47. The van der Waals surface area contributed by atoms with Crippen molar-refractivity contribution in [2.24, 2.45) is 0 Å². The number of fused-ring (bicyclic) bond motifs is 1. The van der Waals surface area contributed by atoms with Gasteiger partial charge in [0.25, 0.3) is 0 Å². The summed E-state index contributed by atoms with van der Waals surface area (Å²) >= 11 is 9.97. The average molecular weight is 337 g/mol. The summed E-state index contributed by atoms with van der Waals surface area (Å²) in [5.74, 6) is 0. The smallest absolute Gasteiger partial charge is 0.0571 e. The van der Waals surface area contributed by atoms with Gasteiger partial charge in [0.2, 0.25) is 0 Å². The van der Waals surface area contributed by atoms with E-state index in [1.54, 1.807) is 0 Å². The molecule has 0 aromatic heterocycles. The second kappa shape index (κ2) is 5.66. The van der Waals surface area contributed by atoms with Gasteiger partial charge in [0, 0.05) is 17.1 Å². The Morgan fingerprint density at radius 1 is 1.16 bits per heavy atom. The Morgan fingerprint density at radius 2 is 2.00 bits per heavy atom. The largest absolute Gasteiger partial charge is 0.305 e. The minimum atomic E-state index is 0.143. The normalized spacial score (nSPS) is 21.4. The van der Waals surface area contributed by atoms with E-state index >= 15 is 0 Å². The number of halogens is 2. The van der Waals surface area contributed by atoms with Crippen molar-refractivity contribution < 1.29 is 0 Å². The van der Waals surface area contributed by atoms with Crippen molar-refractivity contribution in [3.63, 3.8) is 0 Å². The molecule has 1 aliphatic carbocycles. The van der Waals surface area contributed by atoms with Crippen LogP contribution in [0.25, 0.3) is 0 Å². The highest BCUT2D eigenvalue weighted by atomic mass is 79.9. The van der Waals surface area contributed by atoms with E-state index in [4.69, 9.17) is 11.6 Å². The number of nitrogens with one attached hydrogen (secondary N) is 1. The van der Waals surface area contributed by atoms with E-state index in [2.05, 4.69) is 63.7 Å². The molecular formula is C16H15BrClN. The van der Waals surface area contributed by atoms with Gasteiger partial charge in [0.05, 0.1) is 5.38 Å². The third-order valence-electron chi connectivity index (χ3n) is 3.58. The quantitative estimate of drug-likeness (QED) is 0.817. The van der Waals surface area contributed by atoms with Crippen molar-refractivity contribution in [2.75, 3.05) is 0 Å². The molecule has 0 saturated heterocycles. The number of hydrogen-bond donors (Lipinski definition) is 1. The van der Waals surface area contributed by atoms with E-state index in [0.717, 1.165) is 17.4 Å². The summed E-state index contributed by atoms with van der Waals surface area (Å²) < 4.78 is 1.11. The van der Waals surface area contributed by atoms with Crippen LogP contribution in [0.3, 0.4) is 0 Å². The molecule has 0 heterocycles. The Labute approximate surface area is 127 Å². The average Bonchev–Trinajstić information content (AvgIpc) is 2.72. The van der Waals surface area contributed by atoms with Gasteiger partial charge >= 0.3 is 0 Å². The fourth-order valence-electron chi connectivity index (χ4n) is 2.66. The standard InChI is InChI=1S/C16H15BrClN/c17-13-6-3-4-11(8-13)10-19-16-14-7-2-1-5-12(14)9-15(16)18/h1-8,15-16,19H,9-10H2. The minimum Gasteiger partial charge on any atom is -0.305 e. The molecule has 0 saturated carbocycles. The maximum absolute atomic E-state index is 6.47. The van der Waals surface area contributed by atoms with E-state index in [1.165, 1.54) is 16.7 Å². The highest BCUT2D eigenvalue weighted by Crippen LogP contribution is 2.34. The van der Waals surface area contributed by atoms with Gasteiger partial charge in [-0.1, -0.05) is 52.3 Å². The lowest BCUT2D eigenvalue weighted by Crippen LogP contribution is -2.25. The van der Waals surface area contributed by atoms with Gasteiger partial charge < -0.3 is 5.32 Å². The van der Waals surface area contributed by atoms with Gasteiger partial charge in [-0.05, 0) is 35.2 Å². The Balaban J connectivity index is 1.74. The van der Waals surface area contributed by atoms with E-state index < -0.39 is 0 Å². The Hall–Kier alpha value is -0.830. The summed E-state index contributed by atoms with van der Waals surface area (Å²) in [7, 11) is 0. The van der Waals surface area contributed by atoms with Crippen LogP contribution in [0.1, 0.15) is 22.7 Å². The second-order valence-corrected chi connectivity index (χ2v) is 6.38. The van der Waals surface area contributed by atoms with Gasteiger partial charge in [-0.25, -0.2) is 0 Å². The zero-order valence-electron chi connectivity index (χ0n) is 10.4. The summed E-state index contributed by atoms with van der Waals surface area (Å²) in [6, 6.07) is 17.1. The molecule has 1 nitrogen and oxygen atoms in total. The fourth-order valence-corrected chi connectivity index (χ4v) is 3.50. The van der Waals surface area contributed by atoms with E-state index in [0.29, 0.717) is 0 Å². The third kappa shape index (κ3) is 2.86. The lowest BCUT2D eigenvalue weighted by molar-refractivity contribution is 0.536. The molecule has 1 N–H and O–H groups in total. The highest BCUT2D eigenvalue weighted by molar-refractivity contribution is 9.10. The molecular weight excluding hydrogens is 322 g/mol. The summed E-state index contributed by atoms with van der Waals surface area (Å²) in [5.41, 5.74) is 3.98. The molecule has 0 spiro atoms. The van der Waals surface area contributed by atoms with Crippen LogP contribution in [0.2, 0.25) is 0 Å². The molecule has 0 bridgehead atoms. The van der Waals surface area contributed by atoms with Crippen molar-refractivity contribution in [3.05, 3.63) is 69.7 Å². The molecule has 0 radical (unpaired) electrons. The first-order valence-electron chi connectivity index (χ1n) is 6.44. The van der Waals surface area contributed by atoms with Crippen molar-refractivity contribution >= 4 is 27.5 Å². The lowest BCUT2D eigenvalue weighted by Gasteiger charge is -2.17. The number of rotatable bonds is 3. The number of alkyl halides is 1. The van der Waals surface area contributed by atoms with Crippen LogP contribution in [0.5, 0.6) is 0 Å². The molecule has 0 aliphatic heterocycles. The van der Waals surface area contributed by atoms with Crippen LogP contribution in [0, 0.1) is 0 Å². The predicted octanol–water partition coefficient (Wildman–Crippen LogP) is 4.44. The molecule has 2 atom stereocenters. The number of benzene rings is 2. The SMILES string of the molecule is ClC1Cc2ccccc2C1NCc1cccc(Br)c1. The first-order valence-corrected chi connectivity index (χ1v) is 7.66. The van der Waals surface area contributed by atoms with E-state index in [1.807, 2.05) is 6.07 Å². The monoisotopic (exact) mass is 335 g/mol. The molecule has 19 heavy (non-hydrogen) atoms. The number of hydrogen-bond acceptors (Lipinski definition) is 1. The zero-order valence-corrected chi connectivity index (χ0v) is 12.8. The van der Waals surface area contributed by atoms with Crippen LogP contribution in [0.4, 0.5) is 0 Å². The van der Waals surface area contributed by atoms with Gasteiger partial charge in [0.15, 0.2) is 0 Å². The zero-order chi connectivity index (χ0) is 13.2. The van der Waals surface area contributed by atoms with E-state index in [9.17, 15) is 0 Å². The maximum Gasteiger partial charge on any atom is 0.0571 e. The molecule has 0 amide bonds. The van der Waals surface area contributed by atoms with Crippen LogP contribution in [0.15, 0.2) is 53.0 Å². The van der Waals surface area contributed by atoms with Crippen LogP contribution in [-0.4, -0.2) is 5.38 Å². The Bertz CT molecular complexity index is 584. The predicted molar refractivity (Wildman–Crippen MR) is 83.5 cm³/mol. The van der Waals surface area contributed by atoms with Crippen molar-refractivity contribution in [1.82, 2.24) is 5.32 Å². The lowest BCUT2D eigenvalue weighted by atomic mass is 10.1. The first-order chi connectivity index (χ1) is 9.24. The topological polar surface area (TPSA) is 12.0 Å². The van der Waals surface area contributed by atoms with Crippen LogP contribution < -0.4 is 5.32 Å². The van der Waals surface area contributed by atoms with Crippen molar-refractivity contribution in [2.45, 2.75) is 24.4 Å². The highest BCUT2D eigenvalue weighted by Gasteiger charge is 2.29. The minimum absolute atomic E-state index is 0.143. The molecule has 1 aliphatic rings. The van der Waals surface area contributed by atoms with Gasteiger partial charge in [0.1, 0.15) is 0 Å². The molecule has 2 aromatic carbocycles. The summed E-state index contributed by atoms with van der Waals surface area (Å²) in [6.07, 6.45) is 0.952. The Kier molecular flexibility index (Phi) is 3.92. The molecule has 98 valence electrons. The van der Waals surface area contributed by atoms with Crippen molar-refractivity contribution in [3.8, 4) is 0 Å².